The van der Waals surface area contributed by atoms with Crippen LogP contribution in [0.15, 0.2) is 146 Å². The Kier molecular flexibility index (Phi) is 15.0. The van der Waals surface area contributed by atoms with Gasteiger partial charge in [-0.3, -0.25) is 0 Å². The minimum absolute atomic E-state index is 0.0182. The van der Waals surface area contributed by atoms with Crippen LogP contribution in [0.4, 0.5) is 0 Å². The first-order valence-corrected chi connectivity index (χ1v) is 22.6. The maximum Gasteiger partial charge on any atom is 0.331 e. The Morgan fingerprint density at radius 3 is 0.576 bits per heavy atom. The van der Waals surface area contributed by atoms with E-state index in [-0.39, 0.29) is 36.1 Å². The number of aromatic nitrogens is 6. The van der Waals surface area contributed by atoms with E-state index in [4.69, 9.17) is 28.4 Å². The molecule has 0 fully saturated rings. The van der Waals surface area contributed by atoms with Gasteiger partial charge >= 0.3 is 36.1 Å². The monoisotopic (exact) mass is 880 g/mol. The van der Waals surface area contributed by atoms with E-state index in [9.17, 15) is 0 Å². The number of hydrogen-bond donors (Lipinski definition) is 0. The third kappa shape index (κ3) is 12.7. The molecule has 0 aliphatic carbocycles. The highest BCUT2D eigenvalue weighted by atomic mass is 16.5. The molecule has 0 bridgehead atoms. The van der Waals surface area contributed by atoms with Crippen LogP contribution >= 0.6 is 0 Å². The molecule has 0 atom stereocenters. The van der Waals surface area contributed by atoms with Crippen molar-refractivity contribution >= 4 is 0 Å². The summed E-state index contributed by atoms with van der Waals surface area (Å²) in [5, 5.41) is 0. The van der Waals surface area contributed by atoms with Gasteiger partial charge in [0.25, 0.3) is 0 Å². The Morgan fingerprint density at radius 2 is 0.409 bits per heavy atom. The second-order valence-electron chi connectivity index (χ2n) is 15.6. The van der Waals surface area contributed by atoms with Crippen LogP contribution in [0.2, 0.25) is 0 Å². The van der Waals surface area contributed by atoms with Crippen molar-refractivity contribution in [3.8, 4) is 81.7 Å². The summed E-state index contributed by atoms with van der Waals surface area (Å²) < 4.78 is 36.6. The lowest BCUT2D eigenvalue weighted by Gasteiger charge is -2.11. The Morgan fingerprint density at radius 1 is 0.242 bits per heavy atom. The molecule has 12 heteroatoms. The molecule has 0 aliphatic rings. The van der Waals surface area contributed by atoms with Crippen molar-refractivity contribution in [1.82, 2.24) is 29.9 Å². The molecule has 0 unspecified atom stereocenters. The van der Waals surface area contributed by atoms with Gasteiger partial charge < -0.3 is 28.4 Å². The van der Waals surface area contributed by atoms with Crippen LogP contribution in [0.25, 0.3) is 11.1 Å². The molecule has 8 aromatic rings. The Hall–Kier alpha value is -7.86. The van der Waals surface area contributed by atoms with Crippen molar-refractivity contribution in [2.24, 2.45) is 0 Å². The molecule has 12 nitrogen and oxygen atoms in total. The SMILES string of the molecule is CCCc1ccc(Oc2nc(Oc3ccc(CCC)cc3)nc(Oc3ccc(-c4ccc(Oc5nc(Oc6ccc(CCC)cc6)nc(Oc6ccc(CCC)cc6)n5)cc4)cc3)n2)cc1. The summed E-state index contributed by atoms with van der Waals surface area (Å²) in [4.78, 5) is 26.8. The highest BCUT2D eigenvalue weighted by Gasteiger charge is 2.16. The van der Waals surface area contributed by atoms with Gasteiger partial charge in [0.2, 0.25) is 0 Å². The van der Waals surface area contributed by atoms with Crippen LogP contribution in [0.3, 0.4) is 0 Å². The molecule has 6 aromatic carbocycles. The van der Waals surface area contributed by atoms with Crippen molar-refractivity contribution in [2.75, 3.05) is 0 Å². The zero-order valence-corrected chi connectivity index (χ0v) is 37.6. The number of rotatable bonds is 21. The van der Waals surface area contributed by atoms with Gasteiger partial charge in [-0.05, 0) is 132 Å². The fourth-order valence-electron chi connectivity index (χ4n) is 7.03. The Bertz CT molecular complexity index is 2440. The molecular weight excluding hydrogens is 829 g/mol. The van der Waals surface area contributed by atoms with Gasteiger partial charge in [-0.1, -0.05) is 126 Å². The first kappa shape index (κ1) is 44.7. The van der Waals surface area contributed by atoms with E-state index in [1.807, 2.05) is 146 Å². The standard InChI is InChI=1S/C54H52N6O6/c1-5-9-37-13-25-43(26-14-37)61-49-55-50(62-44-27-15-38(10-6-2)16-28-44)58-53(57-49)65-47-33-21-41(22-34-47)42-23-35-48(36-24-42)66-54-59-51(63-45-29-17-39(11-7-3)18-30-45)56-52(60-54)64-46-31-19-40(12-8-4)20-32-46/h13-36H,5-12H2,1-4H3. The Balaban J connectivity index is 0.969. The van der Waals surface area contributed by atoms with Gasteiger partial charge in [0.1, 0.15) is 34.5 Å². The zero-order valence-electron chi connectivity index (χ0n) is 37.6. The summed E-state index contributed by atoms with van der Waals surface area (Å²) in [5.74, 6) is 3.35. The molecule has 8 rings (SSSR count). The van der Waals surface area contributed by atoms with Crippen LogP contribution in [0, 0.1) is 0 Å². The summed E-state index contributed by atoms with van der Waals surface area (Å²) in [5.41, 5.74) is 6.78. The maximum atomic E-state index is 6.16. The summed E-state index contributed by atoms with van der Waals surface area (Å²) in [6.07, 6.45) is 8.16. The lowest BCUT2D eigenvalue weighted by Crippen LogP contribution is -2.01. The number of benzene rings is 6. The smallest absolute Gasteiger partial charge is 0.331 e. The van der Waals surface area contributed by atoms with Gasteiger partial charge in [0, 0.05) is 0 Å². The van der Waals surface area contributed by atoms with Crippen molar-refractivity contribution in [1.29, 1.82) is 0 Å². The van der Waals surface area contributed by atoms with E-state index in [0.717, 1.165) is 62.5 Å². The number of nitrogens with zero attached hydrogens (tertiary/aromatic N) is 6. The van der Waals surface area contributed by atoms with E-state index in [1.54, 1.807) is 0 Å². The lowest BCUT2D eigenvalue weighted by atomic mass is 10.1. The summed E-state index contributed by atoms with van der Waals surface area (Å²) >= 11 is 0. The lowest BCUT2D eigenvalue weighted by molar-refractivity contribution is 0.361. The predicted molar refractivity (Wildman–Crippen MR) is 254 cm³/mol. The third-order valence-electron chi connectivity index (χ3n) is 10.3. The molecule has 66 heavy (non-hydrogen) atoms. The largest absolute Gasteiger partial charge is 0.424 e. The van der Waals surface area contributed by atoms with Crippen molar-refractivity contribution < 1.29 is 28.4 Å². The van der Waals surface area contributed by atoms with Crippen molar-refractivity contribution in [3.63, 3.8) is 0 Å². The maximum absolute atomic E-state index is 6.16. The molecule has 0 N–H and O–H groups in total. The Labute approximate surface area is 385 Å². The molecule has 334 valence electrons. The second kappa shape index (κ2) is 22.2. The van der Waals surface area contributed by atoms with Gasteiger partial charge in [-0.2, -0.15) is 0 Å². The predicted octanol–water partition coefficient (Wildman–Crippen LogP) is 14.3. The van der Waals surface area contributed by atoms with Gasteiger partial charge in [-0.25, -0.2) is 0 Å². The topological polar surface area (TPSA) is 133 Å². The molecule has 0 saturated heterocycles. The molecule has 0 radical (unpaired) electrons. The normalized spacial score (nSPS) is 10.9. The van der Waals surface area contributed by atoms with E-state index >= 15 is 0 Å². The molecule has 2 heterocycles. The van der Waals surface area contributed by atoms with Crippen LogP contribution in [0.5, 0.6) is 70.6 Å². The molecule has 0 saturated carbocycles. The van der Waals surface area contributed by atoms with Gasteiger partial charge in [0.15, 0.2) is 0 Å². The quantitative estimate of drug-likeness (QED) is 0.0680. The molecule has 0 aliphatic heterocycles. The molecule has 0 spiro atoms. The number of hydrogen-bond acceptors (Lipinski definition) is 12. The van der Waals surface area contributed by atoms with Crippen LogP contribution in [-0.4, -0.2) is 29.9 Å². The average molecular weight is 881 g/mol. The summed E-state index contributed by atoms with van der Waals surface area (Å²) in [6.45, 7) is 8.60. The number of ether oxygens (including phenoxy) is 6. The first-order valence-electron chi connectivity index (χ1n) is 22.6. The minimum Gasteiger partial charge on any atom is -0.424 e. The van der Waals surface area contributed by atoms with Crippen molar-refractivity contribution in [2.45, 2.75) is 79.1 Å². The summed E-state index contributed by atoms with van der Waals surface area (Å²) in [7, 11) is 0. The van der Waals surface area contributed by atoms with E-state index in [2.05, 4.69) is 57.6 Å². The molecule has 0 amide bonds. The van der Waals surface area contributed by atoms with Crippen LogP contribution < -0.4 is 28.4 Å². The van der Waals surface area contributed by atoms with Gasteiger partial charge in [-0.15, -0.1) is 29.9 Å². The fourth-order valence-corrected chi connectivity index (χ4v) is 7.03. The number of aryl methyl sites for hydroxylation is 4. The third-order valence-corrected chi connectivity index (χ3v) is 10.3. The van der Waals surface area contributed by atoms with E-state index < -0.39 is 0 Å². The average Bonchev–Trinajstić information content (AvgIpc) is 3.32. The van der Waals surface area contributed by atoms with Crippen molar-refractivity contribution in [3.05, 3.63) is 168 Å². The zero-order chi connectivity index (χ0) is 45.5. The van der Waals surface area contributed by atoms with E-state index in [0.29, 0.717) is 34.5 Å². The molecular formula is C54H52N6O6. The summed E-state index contributed by atoms with van der Waals surface area (Å²) in [6, 6.07) is 46.8. The highest BCUT2D eigenvalue weighted by Crippen LogP contribution is 2.32. The van der Waals surface area contributed by atoms with Crippen LogP contribution in [0.1, 0.15) is 75.6 Å². The highest BCUT2D eigenvalue weighted by molar-refractivity contribution is 5.65. The fraction of sp³-hybridized carbons (Fsp3) is 0.222. The van der Waals surface area contributed by atoms with E-state index in [1.165, 1.54) is 22.3 Å². The minimum atomic E-state index is 0.0182. The second-order valence-corrected chi connectivity index (χ2v) is 15.6. The van der Waals surface area contributed by atoms with Crippen LogP contribution in [-0.2, 0) is 25.7 Å². The first-order chi connectivity index (χ1) is 32.4. The molecule has 2 aromatic heterocycles. The van der Waals surface area contributed by atoms with Gasteiger partial charge in [0.05, 0.1) is 0 Å².